The standard InChI is InChI=1S/C23H22N6O3/c1-15-19(7-9-25-21(15)29-10-12-31-13-11-29)26-16-2-4-17(5-3-16)32-23-27-20-14-24-8-6-18(20)22(30)28-23/h2-9,14H,10-13H2,1H3,(H,25,26)(H,27,28,30). The van der Waals surface area contributed by atoms with Gasteiger partial charge in [-0.15, -0.1) is 0 Å². The number of morpholine rings is 1. The van der Waals surface area contributed by atoms with Crippen molar-refractivity contribution in [3.63, 3.8) is 0 Å². The normalized spacial score (nSPS) is 13.8. The summed E-state index contributed by atoms with van der Waals surface area (Å²) in [7, 11) is 0. The van der Waals surface area contributed by atoms with Gasteiger partial charge in [0.2, 0.25) is 5.88 Å². The van der Waals surface area contributed by atoms with E-state index in [2.05, 4.69) is 37.1 Å². The Balaban J connectivity index is 1.31. The summed E-state index contributed by atoms with van der Waals surface area (Å²) in [6.45, 7) is 5.18. The molecule has 1 saturated heterocycles. The topological polar surface area (TPSA) is 106 Å². The first kappa shape index (κ1) is 20.0. The van der Waals surface area contributed by atoms with Crippen LogP contribution in [0, 0.1) is 6.92 Å². The van der Waals surface area contributed by atoms with Crippen molar-refractivity contribution in [2.45, 2.75) is 6.92 Å². The Morgan fingerprint density at radius 2 is 1.84 bits per heavy atom. The van der Waals surface area contributed by atoms with Gasteiger partial charge in [-0.2, -0.15) is 9.97 Å². The summed E-state index contributed by atoms with van der Waals surface area (Å²) < 4.78 is 11.2. The molecule has 3 aromatic heterocycles. The molecule has 1 fully saturated rings. The van der Waals surface area contributed by atoms with Crippen LogP contribution in [0.5, 0.6) is 17.6 Å². The molecular weight excluding hydrogens is 408 g/mol. The first-order valence-electron chi connectivity index (χ1n) is 10.3. The Bertz CT molecular complexity index is 1240. The molecule has 4 heterocycles. The van der Waals surface area contributed by atoms with Gasteiger partial charge >= 0.3 is 6.01 Å². The molecule has 32 heavy (non-hydrogen) atoms. The lowest BCUT2D eigenvalue weighted by molar-refractivity contribution is 0.122. The van der Waals surface area contributed by atoms with Crippen molar-refractivity contribution in [1.29, 1.82) is 0 Å². The maximum atomic E-state index is 10.1. The summed E-state index contributed by atoms with van der Waals surface area (Å²) in [5.41, 5.74) is 3.50. The zero-order valence-electron chi connectivity index (χ0n) is 17.5. The van der Waals surface area contributed by atoms with Gasteiger partial charge in [-0.1, -0.05) is 0 Å². The molecule has 2 N–H and O–H groups in total. The highest BCUT2D eigenvalue weighted by molar-refractivity contribution is 5.82. The molecule has 1 aliphatic rings. The van der Waals surface area contributed by atoms with Gasteiger partial charge in [0.1, 0.15) is 11.6 Å². The summed E-state index contributed by atoms with van der Waals surface area (Å²) in [5, 5.41) is 14.1. The molecule has 0 bridgehead atoms. The second kappa shape index (κ2) is 8.64. The van der Waals surface area contributed by atoms with Crippen molar-refractivity contribution in [3.05, 3.63) is 60.6 Å². The van der Waals surface area contributed by atoms with Gasteiger partial charge in [-0.3, -0.25) is 4.98 Å². The summed E-state index contributed by atoms with van der Waals surface area (Å²) in [6, 6.07) is 11.1. The van der Waals surface area contributed by atoms with Crippen molar-refractivity contribution in [2.75, 3.05) is 36.5 Å². The molecule has 4 aromatic rings. The number of pyridine rings is 2. The number of nitrogens with one attached hydrogen (secondary N) is 1. The number of fused-ring (bicyclic) bond motifs is 1. The van der Waals surface area contributed by atoms with Gasteiger partial charge in [-0.05, 0) is 43.3 Å². The van der Waals surface area contributed by atoms with E-state index in [-0.39, 0.29) is 11.9 Å². The number of hydrogen-bond acceptors (Lipinski definition) is 9. The number of benzene rings is 1. The number of ether oxygens (including phenoxy) is 2. The summed E-state index contributed by atoms with van der Waals surface area (Å²) in [6.07, 6.45) is 4.95. The fourth-order valence-electron chi connectivity index (χ4n) is 3.61. The van der Waals surface area contributed by atoms with Crippen LogP contribution < -0.4 is 15.0 Å². The van der Waals surface area contributed by atoms with Crippen LogP contribution in [0.1, 0.15) is 5.56 Å². The van der Waals surface area contributed by atoms with Gasteiger partial charge < -0.3 is 24.8 Å². The molecule has 5 rings (SSSR count). The third-order valence-corrected chi connectivity index (χ3v) is 5.29. The molecule has 0 radical (unpaired) electrons. The molecule has 0 atom stereocenters. The summed E-state index contributed by atoms with van der Waals surface area (Å²) in [4.78, 5) is 19.1. The van der Waals surface area contributed by atoms with Crippen molar-refractivity contribution >= 4 is 28.1 Å². The van der Waals surface area contributed by atoms with E-state index in [4.69, 9.17) is 9.47 Å². The van der Waals surface area contributed by atoms with Crippen molar-refractivity contribution in [1.82, 2.24) is 19.9 Å². The van der Waals surface area contributed by atoms with E-state index in [0.717, 1.165) is 49.1 Å². The predicted octanol–water partition coefficient (Wildman–Crippen LogP) is 3.81. The van der Waals surface area contributed by atoms with E-state index < -0.39 is 0 Å². The number of nitrogens with zero attached hydrogens (tertiary/aromatic N) is 5. The largest absolute Gasteiger partial charge is 0.493 e. The minimum atomic E-state index is -0.144. The minimum absolute atomic E-state index is 0.0591. The lowest BCUT2D eigenvalue weighted by Gasteiger charge is -2.29. The van der Waals surface area contributed by atoms with Crippen LogP contribution in [-0.4, -0.2) is 51.3 Å². The van der Waals surface area contributed by atoms with Crippen molar-refractivity contribution < 1.29 is 14.6 Å². The van der Waals surface area contributed by atoms with E-state index in [9.17, 15) is 5.11 Å². The molecule has 9 nitrogen and oxygen atoms in total. The van der Waals surface area contributed by atoms with Gasteiger partial charge in [0.25, 0.3) is 0 Å². The molecule has 0 amide bonds. The monoisotopic (exact) mass is 430 g/mol. The van der Waals surface area contributed by atoms with Crippen LogP contribution in [0.25, 0.3) is 10.9 Å². The number of rotatable bonds is 5. The summed E-state index contributed by atoms with van der Waals surface area (Å²) in [5.74, 6) is 1.38. The Hall–Kier alpha value is -3.98. The second-order valence-corrected chi connectivity index (χ2v) is 7.38. The average molecular weight is 430 g/mol. The van der Waals surface area contributed by atoms with E-state index >= 15 is 0 Å². The van der Waals surface area contributed by atoms with Crippen LogP contribution in [0.15, 0.2) is 55.0 Å². The first-order chi connectivity index (χ1) is 15.7. The van der Waals surface area contributed by atoms with Crippen LogP contribution in [-0.2, 0) is 4.74 Å². The minimum Gasteiger partial charge on any atom is -0.493 e. The smallest absolute Gasteiger partial charge is 0.325 e. The molecule has 0 saturated carbocycles. The van der Waals surface area contributed by atoms with Crippen molar-refractivity contribution in [3.8, 4) is 17.6 Å². The van der Waals surface area contributed by atoms with E-state index in [1.165, 1.54) is 0 Å². The predicted molar refractivity (Wildman–Crippen MR) is 121 cm³/mol. The fourth-order valence-corrected chi connectivity index (χ4v) is 3.61. The van der Waals surface area contributed by atoms with Crippen LogP contribution >= 0.6 is 0 Å². The molecule has 0 aliphatic carbocycles. The number of anilines is 3. The Morgan fingerprint density at radius 3 is 2.66 bits per heavy atom. The maximum Gasteiger partial charge on any atom is 0.325 e. The van der Waals surface area contributed by atoms with Gasteiger partial charge in [0.15, 0.2) is 0 Å². The average Bonchev–Trinajstić information content (AvgIpc) is 2.82. The molecule has 0 unspecified atom stereocenters. The zero-order valence-corrected chi connectivity index (χ0v) is 17.5. The third-order valence-electron chi connectivity index (χ3n) is 5.29. The van der Waals surface area contributed by atoms with Crippen LogP contribution in [0.4, 0.5) is 17.2 Å². The van der Waals surface area contributed by atoms with Gasteiger partial charge in [0, 0.05) is 42.4 Å². The zero-order chi connectivity index (χ0) is 21.9. The Morgan fingerprint density at radius 1 is 1.03 bits per heavy atom. The summed E-state index contributed by atoms with van der Waals surface area (Å²) >= 11 is 0. The molecule has 9 heteroatoms. The highest BCUT2D eigenvalue weighted by Gasteiger charge is 2.16. The number of aromatic nitrogens is 4. The molecular formula is C23H22N6O3. The second-order valence-electron chi connectivity index (χ2n) is 7.38. The SMILES string of the molecule is Cc1c(Nc2ccc(Oc3nc(O)c4ccncc4n3)cc2)ccnc1N1CCOCC1. The van der Waals surface area contributed by atoms with Gasteiger partial charge in [-0.25, -0.2) is 4.98 Å². The maximum absolute atomic E-state index is 10.1. The highest BCUT2D eigenvalue weighted by Crippen LogP contribution is 2.30. The lowest BCUT2D eigenvalue weighted by Crippen LogP contribution is -2.37. The molecule has 1 aromatic carbocycles. The third kappa shape index (κ3) is 4.10. The van der Waals surface area contributed by atoms with E-state index in [1.807, 2.05) is 36.5 Å². The first-order valence-corrected chi connectivity index (χ1v) is 10.3. The van der Waals surface area contributed by atoms with E-state index in [0.29, 0.717) is 16.7 Å². The number of hydrogen-bond donors (Lipinski definition) is 2. The lowest BCUT2D eigenvalue weighted by atomic mass is 10.2. The fraction of sp³-hybridized carbons (Fsp3) is 0.217. The quantitative estimate of drug-likeness (QED) is 0.489. The molecule has 162 valence electrons. The number of aromatic hydroxyl groups is 1. The Kier molecular flexibility index (Phi) is 5.39. The molecule has 1 aliphatic heterocycles. The molecule has 0 spiro atoms. The van der Waals surface area contributed by atoms with E-state index in [1.54, 1.807) is 18.5 Å². The van der Waals surface area contributed by atoms with Crippen LogP contribution in [0.3, 0.4) is 0 Å². The van der Waals surface area contributed by atoms with Gasteiger partial charge in [0.05, 0.1) is 30.3 Å². The van der Waals surface area contributed by atoms with Crippen LogP contribution in [0.2, 0.25) is 0 Å². The van der Waals surface area contributed by atoms with Crippen molar-refractivity contribution in [2.24, 2.45) is 0 Å². The Labute approximate surface area is 184 Å². The highest BCUT2D eigenvalue weighted by atomic mass is 16.5.